The van der Waals surface area contributed by atoms with Crippen LogP contribution in [0, 0.1) is 22.7 Å². The SMILES string of the molecule is COc1cccc(C(=O)Nc2cccc(SCC(=O)Nc3sc4c(c3C#N)CCC(C(C)(C)C)C4)c2)c1. The van der Waals surface area contributed by atoms with Crippen LogP contribution in [0.4, 0.5) is 10.7 Å². The molecule has 4 rings (SSSR count). The lowest BCUT2D eigenvalue weighted by atomic mass is 9.72. The lowest BCUT2D eigenvalue weighted by Crippen LogP contribution is -2.26. The summed E-state index contributed by atoms with van der Waals surface area (Å²) >= 11 is 2.93. The number of benzene rings is 2. The summed E-state index contributed by atoms with van der Waals surface area (Å²) in [5, 5.41) is 16.3. The van der Waals surface area contributed by atoms with Crippen molar-refractivity contribution in [3.8, 4) is 11.8 Å². The van der Waals surface area contributed by atoms with Gasteiger partial charge in [-0.2, -0.15) is 5.26 Å². The molecule has 0 spiro atoms. The van der Waals surface area contributed by atoms with Gasteiger partial charge in [0.1, 0.15) is 16.8 Å². The van der Waals surface area contributed by atoms with Crippen LogP contribution in [0.3, 0.4) is 0 Å². The second-order valence-corrected chi connectivity index (χ2v) is 12.3. The van der Waals surface area contributed by atoms with E-state index < -0.39 is 0 Å². The predicted octanol–water partition coefficient (Wildman–Crippen LogP) is 6.76. The first-order valence-electron chi connectivity index (χ1n) is 12.2. The molecule has 0 radical (unpaired) electrons. The molecule has 8 heteroatoms. The number of thiophene rings is 1. The Morgan fingerprint density at radius 2 is 1.95 bits per heavy atom. The minimum Gasteiger partial charge on any atom is -0.497 e. The first-order chi connectivity index (χ1) is 17.7. The van der Waals surface area contributed by atoms with Crippen LogP contribution in [0.5, 0.6) is 5.75 Å². The minimum absolute atomic E-state index is 0.154. The number of fused-ring (bicyclic) bond motifs is 1. The molecule has 1 unspecified atom stereocenters. The Kier molecular flexibility index (Phi) is 8.25. The van der Waals surface area contributed by atoms with Gasteiger partial charge < -0.3 is 15.4 Å². The Bertz CT molecular complexity index is 1350. The Morgan fingerprint density at radius 1 is 1.16 bits per heavy atom. The van der Waals surface area contributed by atoms with Crippen LogP contribution in [0.15, 0.2) is 53.4 Å². The number of nitriles is 1. The van der Waals surface area contributed by atoms with E-state index in [1.54, 1.807) is 42.7 Å². The van der Waals surface area contributed by atoms with E-state index in [0.717, 1.165) is 29.7 Å². The smallest absolute Gasteiger partial charge is 0.255 e. The zero-order valence-corrected chi connectivity index (χ0v) is 23.1. The average molecular weight is 534 g/mol. The molecule has 1 aromatic heterocycles. The summed E-state index contributed by atoms with van der Waals surface area (Å²) < 4.78 is 5.19. The highest BCUT2D eigenvalue weighted by molar-refractivity contribution is 8.00. The van der Waals surface area contributed by atoms with Crippen molar-refractivity contribution in [3.05, 3.63) is 70.1 Å². The Balaban J connectivity index is 1.37. The monoisotopic (exact) mass is 533 g/mol. The molecular weight excluding hydrogens is 502 g/mol. The summed E-state index contributed by atoms with van der Waals surface area (Å²) in [6.07, 6.45) is 2.91. The van der Waals surface area contributed by atoms with Gasteiger partial charge in [0.15, 0.2) is 0 Å². The van der Waals surface area contributed by atoms with Gasteiger partial charge in [0.25, 0.3) is 5.91 Å². The number of hydrogen-bond acceptors (Lipinski definition) is 6. The first kappa shape index (κ1) is 26.8. The number of anilines is 2. The zero-order chi connectivity index (χ0) is 26.6. The van der Waals surface area contributed by atoms with E-state index >= 15 is 0 Å². The molecule has 2 aromatic carbocycles. The third kappa shape index (κ3) is 6.54. The van der Waals surface area contributed by atoms with Gasteiger partial charge in [-0.1, -0.05) is 32.9 Å². The standard InChI is InChI=1S/C29H31N3O3S2/c1-29(2,3)19-11-12-23-24(16-30)28(37-25(23)14-19)32-26(33)17-36-22-10-6-8-20(15-22)31-27(34)18-7-5-9-21(13-18)35-4/h5-10,13,15,19H,11-12,14,17H2,1-4H3,(H,31,34)(H,32,33). The molecule has 1 aliphatic rings. The highest BCUT2D eigenvalue weighted by Gasteiger charge is 2.32. The second kappa shape index (κ2) is 11.4. The Morgan fingerprint density at radius 3 is 2.68 bits per heavy atom. The first-order valence-corrected chi connectivity index (χ1v) is 14.0. The molecule has 0 fully saturated rings. The molecule has 0 aliphatic heterocycles. The van der Waals surface area contributed by atoms with Gasteiger partial charge in [0.2, 0.25) is 5.91 Å². The highest BCUT2D eigenvalue weighted by Crippen LogP contribution is 2.44. The number of rotatable bonds is 7. The van der Waals surface area contributed by atoms with Crippen molar-refractivity contribution >= 4 is 45.6 Å². The van der Waals surface area contributed by atoms with E-state index in [4.69, 9.17) is 4.74 Å². The van der Waals surface area contributed by atoms with Crippen molar-refractivity contribution in [2.75, 3.05) is 23.5 Å². The maximum atomic E-state index is 12.8. The number of hydrogen-bond donors (Lipinski definition) is 2. The van der Waals surface area contributed by atoms with Crippen LogP contribution in [-0.4, -0.2) is 24.7 Å². The second-order valence-electron chi connectivity index (χ2n) is 10.2. The maximum Gasteiger partial charge on any atom is 0.255 e. The number of ether oxygens (including phenoxy) is 1. The predicted molar refractivity (Wildman–Crippen MR) is 151 cm³/mol. The van der Waals surface area contributed by atoms with Crippen molar-refractivity contribution in [1.29, 1.82) is 5.26 Å². The Labute approximate surface area is 226 Å². The number of nitrogens with zero attached hydrogens (tertiary/aromatic N) is 1. The molecule has 0 saturated carbocycles. The fourth-order valence-corrected chi connectivity index (χ4v) is 6.52. The van der Waals surface area contributed by atoms with E-state index in [1.807, 2.05) is 24.3 Å². The van der Waals surface area contributed by atoms with Gasteiger partial charge in [-0.15, -0.1) is 23.1 Å². The van der Waals surface area contributed by atoms with Crippen molar-refractivity contribution in [1.82, 2.24) is 0 Å². The van der Waals surface area contributed by atoms with Crippen LogP contribution in [0.2, 0.25) is 0 Å². The molecule has 0 bridgehead atoms. The molecule has 1 heterocycles. The molecule has 1 atom stereocenters. The number of nitrogens with one attached hydrogen (secondary N) is 2. The van der Waals surface area contributed by atoms with Crippen LogP contribution in [0.25, 0.3) is 0 Å². The molecule has 37 heavy (non-hydrogen) atoms. The lowest BCUT2D eigenvalue weighted by molar-refractivity contribution is -0.113. The average Bonchev–Trinajstić information content (AvgIpc) is 3.23. The summed E-state index contributed by atoms with van der Waals surface area (Å²) in [4.78, 5) is 27.5. The van der Waals surface area contributed by atoms with Gasteiger partial charge in [-0.25, -0.2) is 0 Å². The molecular formula is C29H31N3O3S2. The van der Waals surface area contributed by atoms with Crippen molar-refractivity contribution in [2.45, 2.75) is 44.9 Å². The molecule has 6 nitrogen and oxygen atoms in total. The molecule has 0 saturated heterocycles. The molecule has 192 valence electrons. The largest absolute Gasteiger partial charge is 0.497 e. The summed E-state index contributed by atoms with van der Waals surface area (Å²) in [7, 11) is 1.56. The zero-order valence-electron chi connectivity index (χ0n) is 21.5. The quantitative estimate of drug-likeness (QED) is 0.327. The summed E-state index contributed by atoms with van der Waals surface area (Å²) in [5.74, 6) is 0.992. The highest BCUT2D eigenvalue weighted by atomic mass is 32.2. The fraction of sp³-hybridized carbons (Fsp3) is 0.345. The maximum absolute atomic E-state index is 12.8. The van der Waals surface area contributed by atoms with Crippen LogP contribution in [-0.2, 0) is 17.6 Å². The van der Waals surface area contributed by atoms with Gasteiger partial charge >= 0.3 is 0 Å². The van der Waals surface area contributed by atoms with E-state index in [1.165, 1.54) is 16.6 Å². The van der Waals surface area contributed by atoms with E-state index in [-0.39, 0.29) is 23.0 Å². The van der Waals surface area contributed by atoms with Gasteiger partial charge in [-0.05, 0) is 72.6 Å². The Hall–Kier alpha value is -3.28. The molecule has 2 N–H and O–H groups in total. The minimum atomic E-state index is -0.238. The summed E-state index contributed by atoms with van der Waals surface area (Å²) in [6, 6.07) is 16.7. The van der Waals surface area contributed by atoms with Gasteiger partial charge in [0.05, 0.1) is 18.4 Å². The molecule has 2 amide bonds. The van der Waals surface area contributed by atoms with E-state index in [2.05, 4.69) is 37.5 Å². The van der Waals surface area contributed by atoms with Crippen molar-refractivity contribution < 1.29 is 14.3 Å². The third-order valence-electron chi connectivity index (χ3n) is 6.65. The fourth-order valence-electron chi connectivity index (χ4n) is 4.47. The van der Waals surface area contributed by atoms with Crippen LogP contribution < -0.4 is 15.4 Å². The summed E-state index contributed by atoms with van der Waals surface area (Å²) in [5.41, 5.74) is 3.08. The van der Waals surface area contributed by atoms with Gasteiger partial charge in [0, 0.05) is 21.0 Å². The number of methoxy groups -OCH3 is 1. The van der Waals surface area contributed by atoms with Crippen LogP contribution >= 0.6 is 23.1 Å². The molecule has 3 aromatic rings. The van der Waals surface area contributed by atoms with Crippen LogP contribution in [0.1, 0.15) is 53.6 Å². The van der Waals surface area contributed by atoms with E-state index in [9.17, 15) is 14.9 Å². The number of carbonyl (C=O) groups is 2. The third-order valence-corrected chi connectivity index (χ3v) is 8.81. The van der Waals surface area contributed by atoms with E-state index in [0.29, 0.717) is 33.5 Å². The van der Waals surface area contributed by atoms with Crippen molar-refractivity contribution in [2.24, 2.45) is 11.3 Å². The van der Waals surface area contributed by atoms with Crippen molar-refractivity contribution in [3.63, 3.8) is 0 Å². The topological polar surface area (TPSA) is 91.2 Å². The number of amides is 2. The summed E-state index contributed by atoms with van der Waals surface area (Å²) in [6.45, 7) is 6.79. The lowest BCUT2D eigenvalue weighted by Gasteiger charge is -2.33. The van der Waals surface area contributed by atoms with Gasteiger partial charge in [-0.3, -0.25) is 9.59 Å². The number of carbonyl (C=O) groups excluding carboxylic acids is 2. The molecule has 1 aliphatic carbocycles. The number of thioether (sulfide) groups is 1. The normalized spacial score (nSPS) is 14.8.